The monoisotopic (exact) mass is 280 g/mol. The fourth-order valence-corrected chi connectivity index (χ4v) is 0. The van der Waals surface area contributed by atoms with Crippen molar-refractivity contribution >= 4 is 60.6 Å². The van der Waals surface area contributed by atoms with Crippen LogP contribution in [0.1, 0.15) is 0 Å². The summed E-state index contributed by atoms with van der Waals surface area (Å²) in [6, 6.07) is 0. The maximum atomic E-state index is 8.74. The zero-order valence-corrected chi connectivity index (χ0v) is 7.30. The van der Waals surface area contributed by atoms with Crippen molar-refractivity contribution in [3.8, 4) is 0 Å². The molecule has 0 saturated carbocycles. The Morgan fingerprint density at radius 1 is 0.571 bits per heavy atom. The van der Waals surface area contributed by atoms with Gasteiger partial charge in [-0.15, -0.1) is 0 Å². The van der Waals surface area contributed by atoms with Crippen LogP contribution in [0.15, 0.2) is 0 Å². The standard InChI is InChI=1S/K.H2O3Si.9H2O.H/c;1-4(2)3;;;;;;;;;;/h;1-2H;9*1H2;. The molecule has 20 N–H and O–H groups in total. The van der Waals surface area contributed by atoms with Crippen LogP contribution < -0.4 is 0 Å². The molecule has 0 aromatic rings. The topological polar surface area (TPSA) is 341 Å². The molecule has 14 heteroatoms. The third-order valence-electron chi connectivity index (χ3n) is 0. The first-order chi connectivity index (χ1) is 1.73. The zero-order valence-electron chi connectivity index (χ0n) is 6.30. The van der Waals surface area contributed by atoms with E-state index in [0.717, 1.165) is 0 Å². The molecule has 0 aliphatic carbocycles. The van der Waals surface area contributed by atoms with Gasteiger partial charge in [0.1, 0.15) is 0 Å². The molecule has 0 radical (unpaired) electrons. The van der Waals surface area contributed by atoms with Gasteiger partial charge in [-0.05, 0) is 0 Å². The Hall–Kier alpha value is 0.893. The van der Waals surface area contributed by atoms with Gasteiger partial charge in [-0.25, -0.2) is 0 Å². The molecule has 14 heavy (non-hydrogen) atoms. The Labute approximate surface area is 123 Å². The summed E-state index contributed by atoms with van der Waals surface area (Å²) in [5.74, 6) is 0. The average molecular weight is 280 g/mol. The molecule has 0 saturated heterocycles. The first-order valence-corrected chi connectivity index (χ1v) is 1.95. The normalized spacial score (nSPS) is 1.71. The molecule has 0 heterocycles. The molecule has 12 nitrogen and oxygen atoms in total. The predicted octanol–water partition coefficient (Wildman–Crippen LogP) is -9.68. The fourth-order valence-electron chi connectivity index (χ4n) is 0. The third-order valence-corrected chi connectivity index (χ3v) is 0. The molecule has 0 spiro atoms. The minimum absolute atomic E-state index is 0. The molecule has 0 aliphatic heterocycles. The minimum atomic E-state index is -3.13. The van der Waals surface area contributed by atoms with Crippen molar-refractivity contribution in [2.24, 2.45) is 0 Å². The van der Waals surface area contributed by atoms with Crippen molar-refractivity contribution in [2.75, 3.05) is 0 Å². The van der Waals surface area contributed by atoms with E-state index in [1.54, 1.807) is 0 Å². The van der Waals surface area contributed by atoms with Crippen LogP contribution in [-0.4, -0.2) is 119 Å². The van der Waals surface area contributed by atoms with E-state index < -0.39 is 9.17 Å². The summed E-state index contributed by atoms with van der Waals surface area (Å²) in [6.07, 6.45) is 0. The van der Waals surface area contributed by atoms with Crippen LogP contribution in [0, 0.1) is 0 Å². The SMILES string of the molecule is O.O.O.O.O.O.O.O.O.O=[Si](O)O.[KH]. The van der Waals surface area contributed by atoms with E-state index >= 15 is 0 Å². The van der Waals surface area contributed by atoms with Crippen LogP contribution in [0.5, 0.6) is 0 Å². The van der Waals surface area contributed by atoms with E-state index in [0.29, 0.717) is 0 Å². The second-order valence-corrected chi connectivity index (χ2v) is 0.848. The maximum absolute atomic E-state index is 8.74. The Balaban J connectivity index is -0.000000001000. The molecule has 0 fully saturated rings. The van der Waals surface area contributed by atoms with Gasteiger partial charge in [0.05, 0.1) is 0 Å². The van der Waals surface area contributed by atoms with Gasteiger partial charge in [0.2, 0.25) is 0 Å². The van der Waals surface area contributed by atoms with Gasteiger partial charge in [-0.3, -0.25) is 4.46 Å². The van der Waals surface area contributed by atoms with Crippen molar-refractivity contribution in [3.63, 3.8) is 0 Å². The van der Waals surface area contributed by atoms with Crippen LogP contribution in [0.4, 0.5) is 0 Å². The van der Waals surface area contributed by atoms with Crippen LogP contribution in [-0.2, 0) is 4.46 Å². The van der Waals surface area contributed by atoms with E-state index in [4.69, 9.17) is 14.1 Å². The summed E-state index contributed by atoms with van der Waals surface area (Å²) < 4.78 is 8.74. The van der Waals surface area contributed by atoms with Gasteiger partial charge in [0, 0.05) is 0 Å². The molecule has 0 atom stereocenters. The second-order valence-electron chi connectivity index (χ2n) is 0.283. The van der Waals surface area contributed by atoms with E-state index in [1.165, 1.54) is 0 Å². The summed E-state index contributed by atoms with van der Waals surface area (Å²) in [5, 5.41) is 0. The molecule has 0 unspecified atom stereocenters. The number of rotatable bonds is 0. The van der Waals surface area contributed by atoms with E-state index in [2.05, 4.69) is 0 Å². The first kappa shape index (κ1) is 190. The molecule has 0 aromatic carbocycles. The quantitative estimate of drug-likeness (QED) is 0.408. The molecule has 0 aromatic heterocycles. The van der Waals surface area contributed by atoms with Crippen LogP contribution in [0.25, 0.3) is 0 Å². The summed E-state index contributed by atoms with van der Waals surface area (Å²) >= 11 is 0. The Morgan fingerprint density at radius 3 is 0.571 bits per heavy atom. The second kappa shape index (κ2) is 152. The van der Waals surface area contributed by atoms with Crippen LogP contribution >= 0.6 is 0 Å². The summed E-state index contributed by atoms with van der Waals surface area (Å²) in [4.78, 5) is 14.3. The van der Waals surface area contributed by atoms with Gasteiger partial charge in [0.15, 0.2) is 0 Å². The van der Waals surface area contributed by atoms with Crippen molar-refractivity contribution in [2.45, 2.75) is 0 Å². The molecular formula is H21KO12Si. The molecule has 0 amide bonds. The predicted molar refractivity (Wildman–Crippen MR) is 50.6 cm³/mol. The molecule has 0 bridgehead atoms. The number of hydrogen-bond donors (Lipinski definition) is 2. The molecule has 0 aliphatic rings. The summed E-state index contributed by atoms with van der Waals surface area (Å²) in [6.45, 7) is 0. The molecular weight excluding hydrogens is 259 g/mol. The first-order valence-electron chi connectivity index (χ1n) is 0.651. The van der Waals surface area contributed by atoms with Crippen molar-refractivity contribution < 1.29 is 63.3 Å². The van der Waals surface area contributed by atoms with Crippen LogP contribution in [0.3, 0.4) is 0 Å². The third kappa shape index (κ3) is 2290. The van der Waals surface area contributed by atoms with E-state index in [1.807, 2.05) is 0 Å². The number of hydrogen-bond acceptors (Lipinski definition) is 1. The Kier molecular flexibility index (Phi) is 2060. The van der Waals surface area contributed by atoms with Gasteiger partial charge in [-0.1, -0.05) is 0 Å². The van der Waals surface area contributed by atoms with Gasteiger partial charge >= 0.3 is 60.6 Å². The zero-order chi connectivity index (χ0) is 3.58. The van der Waals surface area contributed by atoms with Gasteiger partial charge in [0.25, 0.3) is 0 Å². The van der Waals surface area contributed by atoms with E-state index in [9.17, 15) is 0 Å². The van der Waals surface area contributed by atoms with Crippen molar-refractivity contribution in [1.29, 1.82) is 0 Å². The van der Waals surface area contributed by atoms with Gasteiger partial charge < -0.3 is 58.9 Å². The summed E-state index contributed by atoms with van der Waals surface area (Å²) in [7, 11) is -3.13. The average Bonchev–Trinajstić information content (AvgIpc) is 0.811. The van der Waals surface area contributed by atoms with Crippen molar-refractivity contribution in [1.82, 2.24) is 0 Å². The van der Waals surface area contributed by atoms with Crippen molar-refractivity contribution in [3.05, 3.63) is 0 Å². The van der Waals surface area contributed by atoms with Crippen LogP contribution in [0.2, 0.25) is 0 Å². The van der Waals surface area contributed by atoms with Gasteiger partial charge in [-0.2, -0.15) is 0 Å². The molecule has 98 valence electrons. The fraction of sp³-hybridized carbons (Fsp3) is 0. The summed E-state index contributed by atoms with van der Waals surface area (Å²) in [5.41, 5.74) is 0. The molecule has 0 rings (SSSR count). The van der Waals surface area contributed by atoms with E-state index in [-0.39, 0.29) is 101 Å². The Morgan fingerprint density at radius 2 is 0.571 bits per heavy atom. The Bertz CT molecular complexity index is 33.3.